The largest absolute Gasteiger partial charge is 0.277 e. The zero-order valence-corrected chi connectivity index (χ0v) is 11.3. The van der Waals surface area contributed by atoms with Crippen LogP contribution in [0, 0.1) is 28.4 Å². The van der Waals surface area contributed by atoms with Crippen LogP contribution in [0.15, 0.2) is 53.6 Å². The molecule has 0 unspecified atom stereocenters. The second kappa shape index (κ2) is 6.30. The van der Waals surface area contributed by atoms with E-state index in [0.717, 1.165) is 5.56 Å². The van der Waals surface area contributed by atoms with Crippen molar-refractivity contribution in [3.8, 4) is 6.07 Å². The third-order valence-electron chi connectivity index (χ3n) is 2.81. The van der Waals surface area contributed by atoms with Gasteiger partial charge in [-0.25, -0.2) is 0 Å². The lowest BCUT2D eigenvalue weighted by Gasteiger charge is -2.02. The van der Waals surface area contributed by atoms with Crippen LogP contribution >= 0.6 is 0 Å². The van der Waals surface area contributed by atoms with Gasteiger partial charge in [0.2, 0.25) is 0 Å². The number of nitro benzene ring substituents is 1. The highest BCUT2D eigenvalue weighted by Crippen LogP contribution is 2.15. The first-order chi connectivity index (χ1) is 10.1. The Morgan fingerprint density at radius 2 is 1.81 bits per heavy atom. The lowest BCUT2D eigenvalue weighted by atomic mass is 10.1. The topological polar surface area (TPSA) is 91.3 Å². The van der Waals surface area contributed by atoms with Gasteiger partial charge >= 0.3 is 0 Å². The molecular weight excluding hydrogens is 268 g/mol. The van der Waals surface area contributed by atoms with E-state index in [4.69, 9.17) is 5.26 Å². The maximum absolute atomic E-state index is 10.6. The lowest BCUT2D eigenvalue weighted by molar-refractivity contribution is -0.384. The molecule has 0 spiro atoms. The van der Waals surface area contributed by atoms with Crippen molar-refractivity contribution in [1.29, 1.82) is 5.26 Å². The fourth-order valence-corrected chi connectivity index (χ4v) is 1.64. The fourth-order valence-electron chi connectivity index (χ4n) is 1.64. The predicted octanol–water partition coefficient (Wildman–Crippen LogP) is 3.24. The highest BCUT2D eigenvalue weighted by molar-refractivity contribution is 6.11. The molecule has 2 aromatic rings. The summed E-state index contributed by atoms with van der Waals surface area (Å²) in [5.74, 6) is 0. The number of anilines is 1. The van der Waals surface area contributed by atoms with Crippen LogP contribution in [0.25, 0.3) is 0 Å². The van der Waals surface area contributed by atoms with Gasteiger partial charge in [-0.1, -0.05) is 29.8 Å². The Bertz CT molecular complexity index is 713. The van der Waals surface area contributed by atoms with Crippen LogP contribution in [0.1, 0.15) is 11.1 Å². The molecular formula is C15H12N4O2. The number of hydrogen-bond acceptors (Lipinski definition) is 5. The van der Waals surface area contributed by atoms with Gasteiger partial charge in [0.15, 0.2) is 5.71 Å². The van der Waals surface area contributed by atoms with Gasteiger partial charge in [-0.05, 0) is 19.1 Å². The summed E-state index contributed by atoms with van der Waals surface area (Å²) < 4.78 is 0. The van der Waals surface area contributed by atoms with E-state index < -0.39 is 4.92 Å². The smallest absolute Gasteiger partial charge is 0.269 e. The second-order valence-electron chi connectivity index (χ2n) is 4.35. The molecule has 2 aromatic carbocycles. The molecule has 0 aromatic heterocycles. The van der Waals surface area contributed by atoms with Crippen molar-refractivity contribution in [2.75, 3.05) is 5.43 Å². The fraction of sp³-hybridized carbons (Fsp3) is 0.0667. The Kier molecular flexibility index (Phi) is 4.26. The molecule has 0 saturated carbocycles. The van der Waals surface area contributed by atoms with Gasteiger partial charge in [-0.2, -0.15) is 10.4 Å². The number of nitrogens with zero attached hydrogens (tertiary/aromatic N) is 3. The molecule has 0 heterocycles. The van der Waals surface area contributed by atoms with Crippen LogP contribution in [0.4, 0.5) is 11.4 Å². The number of nitro groups is 1. The van der Waals surface area contributed by atoms with E-state index in [9.17, 15) is 10.1 Å². The number of hydrogen-bond donors (Lipinski definition) is 1. The normalized spacial score (nSPS) is 10.8. The minimum Gasteiger partial charge on any atom is -0.277 e. The van der Waals surface area contributed by atoms with E-state index in [-0.39, 0.29) is 11.4 Å². The Hall–Kier alpha value is -3.20. The summed E-state index contributed by atoms with van der Waals surface area (Å²) in [6.07, 6.45) is 0. The molecule has 0 radical (unpaired) electrons. The Labute approximate surface area is 121 Å². The first-order valence-corrected chi connectivity index (χ1v) is 6.15. The van der Waals surface area contributed by atoms with Crippen molar-refractivity contribution in [2.24, 2.45) is 5.10 Å². The Balaban J connectivity index is 2.16. The molecule has 6 nitrogen and oxygen atoms in total. The molecule has 6 heteroatoms. The number of nitrogens with one attached hydrogen (secondary N) is 1. The average molecular weight is 280 g/mol. The number of aryl methyl sites for hydroxylation is 1. The highest BCUT2D eigenvalue weighted by Gasteiger charge is 2.04. The number of hydrazone groups is 1. The summed E-state index contributed by atoms with van der Waals surface area (Å²) in [4.78, 5) is 10.1. The summed E-state index contributed by atoms with van der Waals surface area (Å²) in [7, 11) is 0. The van der Waals surface area contributed by atoms with Gasteiger partial charge in [0.05, 0.1) is 10.6 Å². The molecule has 0 aliphatic rings. The quantitative estimate of drug-likeness (QED) is 0.528. The molecule has 104 valence electrons. The maximum Gasteiger partial charge on any atom is 0.269 e. The van der Waals surface area contributed by atoms with Crippen LogP contribution in [0.2, 0.25) is 0 Å². The van der Waals surface area contributed by atoms with Gasteiger partial charge < -0.3 is 0 Å². The van der Waals surface area contributed by atoms with E-state index >= 15 is 0 Å². The molecule has 2 rings (SSSR count). The van der Waals surface area contributed by atoms with Gasteiger partial charge in [-0.15, -0.1) is 0 Å². The van der Waals surface area contributed by atoms with E-state index in [2.05, 4.69) is 10.5 Å². The first-order valence-electron chi connectivity index (χ1n) is 6.15. The van der Waals surface area contributed by atoms with Crippen LogP contribution < -0.4 is 5.43 Å². The van der Waals surface area contributed by atoms with Crippen LogP contribution in [0.3, 0.4) is 0 Å². The lowest BCUT2D eigenvalue weighted by Crippen LogP contribution is -2.01. The van der Waals surface area contributed by atoms with Gasteiger partial charge in [0.1, 0.15) is 6.07 Å². The van der Waals surface area contributed by atoms with E-state index in [1.54, 1.807) is 0 Å². The minimum absolute atomic E-state index is 0.00331. The molecule has 0 amide bonds. The van der Waals surface area contributed by atoms with Crippen molar-refractivity contribution in [3.05, 3.63) is 69.8 Å². The van der Waals surface area contributed by atoms with Gasteiger partial charge in [0, 0.05) is 17.7 Å². The van der Waals surface area contributed by atoms with Gasteiger partial charge in [0.25, 0.3) is 5.69 Å². The highest BCUT2D eigenvalue weighted by atomic mass is 16.6. The van der Waals surface area contributed by atoms with Crippen molar-refractivity contribution in [1.82, 2.24) is 0 Å². The number of benzene rings is 2. The number of nitriles is 1. The third-order valence-corrected chi connectivity index (χ3v) is 2.81. The number of rotatable bonds is 4. The summed E-state index contributed by atoms with van der Waals surface area (Å²) >= 11 is 0. The van der Waals surface area contributed by atoms with E-state index in [0.29, 0.717) is 11.3 Å². The monoisotopic (exact) mass is 280 g/mol. The zero-order valence-electron chi connectivity index (χ0n) is 11.3. The second-order valence-corrected chi connectivity index (χ2v) is 4.35. The molecule has 0 aliphatic carbocycles. The summed E-state index contributed by atoms with van der Waals surface area (Å²) in [5.41, 5.74) is 5.34. The minimum atomic E-state index is -0.472. The molecule has 0 atom stereocenters. The maximum atomic E-state index is 10.6. The average Bonchev–Trinajstić information content (AvgIpc) is 2.50. The third kappa shape index (κ3) is 3.64. The van der Waals surface area contributed by atoms with E-state index in [1.807, 2.05) is 37.3 Å². The van der Waals surface area contributed by atoms with Crippen molar-refractivity contribution in [3.63, 3.8) is 0 Å². The molecule has 21 heavy (non-hydrogen) atoms. The molecule has 0 saturated heterocycles. The zero-order chi connectivity index (χ0) is 15.2. The summed E-state index contributed by atoms with van der Waals surface area (Å²) in [6.45, 7) is 1.96. The predicted molar refractivity (Wildman–Crippen MR) is 80.0 cm³/mol. The van der Waals surface area contributed by atoms with Crippen LogP contribution in [0.5, 0.6) is 0 Å². The van der Waals surface area contributed by atoms with E-state index in [1.165, 1.54) is 24.3 Å². The number of non-ortho nitro benzene ring substituents is 1. The standard InChI is InChI=1S/C15H12N4O2/c1-11-2-4-12(5-3-11)15(10-16)18-17-13-6-8-14(9-7-13)19(20)21/h2-9,17H,1H3/b18-15+. The molecule has 0 aliphatic heterocycles. The van der Waals surface area contributed by atoms with Crippen molar-refractivity contribution < 1.29 is 4.92 Å². The molecule has 1 N–H and O–H groups in total. The van der Waals surface area contributed by atoms with Crippen LogP contribution in [-0.4, -0.2) is 10.6 Å². The Morgan fingerprint density at radius 1 is 1.19 bits per heavy atom. The molecule has 0 bridgehead atoms. The Morgan fingerprint density at radius 3 is 2.33 bits per heavy atom. The van der Waals surface area contributed by atoms with Crippen molar-refractivity contribution >= 4 is 17.1 Å². The van der Waals surface area contributed by atoms with Gasteiger partial charge in [-0.3, -0.25) is 15.5 Å². The first kappa shape index (κ1) is 14.2. The SMILES string of the molecule is Cc1ccc(/C(C#N)=N/Nc2ccc([N+](=O)[O-])cc2)cc1. The molecule has 0 fully saturated rings. The summed E-state index contributed by atoms with van der Waals surface area (Å²) in [6, 6.07) is 15.2. The van der Waals surface area contributed by atoms with Crippen LogP contribution in [-0.2, 0) is 0 Å². The van der Waals surface area contributed by atoms with Crippen molar-refractivity contribution in [2.45, 2.75) is 6.92 Å². The summed E-state index contributed by atoms with van der Waals surface area (Å²) in [5, 5.41) is 23.7.